The number of H-pyrrole nitrogens is 1. The molecular formula is C21H30N4S. The minimum absolute atomic E-state index is 0.504. The van der Waals surface area contributed by atoms with Gasteiger partial charge < -0.3 is 10.3 Å². The molecule has 3 aliphatic rings. The van der Waals surface area contributed by atoms with Gasteiger partial charge in [0.2, 0.25) is 0 Å². The quantitative estimate of drug-likeness (QED) is 0.866. The first kappa shape index (κ1) is 17.1. The number of hydrogen-bond acceptors (Lipinski definition) is 4. The molecule has 0 spiro atoms. The van der Waals surface area contributed by atoms with Crippen LogP contribution in [0.5, 0.6) is 0 Å². The second-order valence-electron chi connectivity index (χ2n) is 8.10. The van der Waals surface area contributed by atoms with Crippen LogP contribution in [0.25, 0.3) is 10.9 Å². The maximum Gasteiger partial charge on any atom is 0.0460 e. The van der Waals surface area contributed by atoms with Gasteiger partial charge in [0.25, 0.3) is 0 Å². The van der Waals surface area contributed by atoms with Gasteiger partial charge in [-0.2, -0.15) is 11.8 Å². The van der Waals surface area contributed by atoms with E-state index >= 15 is 0 Å². The summed E-state index contributed by atoms with van der Waals surface area (Å²) in [6, 6.07) is 8.43. The smallest absolute Gasteiger partial charge is 0.0460 e. The Balaban J connectivity index is 1.25. The molecule has 0 amide bonds. The van der Waals surface area contributed by atoms with Gasteiger partial charge in [0.1, 0.15) is 0 Å². The number of rotatable bonds is 4. The van der Waals surface area contributed by atoms with Crippen LogP contribution in [0.1, 0.15) is 36.4 Å². The molecule has 1 aromatic carbocycles. The largest absolute Gasteiger partial charge is 0.361 e. The molecule has 3 heterocycles. The van der Waals surface area contributed by atoms with Crippen molar-refractivity contribution in [3.63, 3.8) is 0 Å². The van der Waals surface area contributed by atoms with E-state index in [2.05, 4.69) is 56.3 Å². The van der Waals surface area contributed by atoms with Crippen molar-refractivity contribution in [2.24, 2.45) is 0 Å². The molecule has 26 heavy (non-hydrogen) atoms. The van der Waals surface area contributed by atoms with Crippen molar-refractivity contribution in [2.45, 2.75) is 37.9 Å². The van der Waals surface area contributed by atoms with Gasteiger partial charge >= 0.3 is 0 Å². The first-order chi connectivity index (χ1) is 12.9. The molecule has 140 valence electrons. The molecule has 2 saturated heterocycles. The number of aromatic amines is 1. The number of thioether (sulfide) groups is 1. The summed E-state index contributed by atoms with van der Waals surface area (Å²) in [5.74, 6) is 2.42. The zero-order valence-electron chi connectivity index (χ0n) is 15.5. The molecule has 5 rings (SSSR count). The number of nitrogens with zero attached hydrogens (tertiary/aromatic N) is 2. The molecule has 1 aromatic heterocycles. The summed E-state index contributed by atoms with van der Waals surface area (Å²) < 4.78 is 0. The van der Waals surface area contributed by atoms with E-state index in [1.807, 2.05) is 0 Å². The van der Waals surface area contributed by atoms with Gasteiger partial charge in [-0.15, -0.1) is 0 Å². The van der Waals surface area contributed by atoms with E-state index in [1.54, 1.807) is 0 Å². The highest BCUT2D eigenvalue weighted by molar-refractivity contribution is 7.99. The molecular weight excluding hydrogens is 340 g/mol. The van der Waals surface area contributed by atoms with E-state index < -0.39 is 0 Å². The average Bonchev–Trinajstić information content (AvgIpc) is 3.05. The highest BCUT2D eigenvalue weighted by Crippen LogP contribution is 2.28. The molecule has 3 fully saturated rings. The molecule has 2 aliphatic heterocycles. The molecule has 5 heteroatoms. The zero-order valence-corrected chi connectivity index (χ0v) is 16.4. The number of piperazine rings is 1. The lowest BCUT2D eigenvalue weighted by molar-refractivity contribution is 0.0589. The fraction of sp³-hybridized carbons (Fsp3) is 0.619. The van der Waals surface area contributed by atoms with E-state index in [9.17, 15) is 0 Å². The Morgan fingerprint density at radius 1 is 1.12 bits per heavy atom. The monoisotopic (exact) mass is 370 g/mol. The van der Waals surface area contributed by atoms with Crippen molar-refractivity contribution >= 4 is 22.7 Å². The molecule has 1 saturated carbocycles. The predicted octanol–water partition coefficient (Wildman–Crippen LogP) is 3.22. The minimum atomic E-state index is 0.504. The number of aromatic nitrogens is 1. The fourth-order valence-corrected chi connectivity index (χ4v) is 5.59. The summed E-state index contributed by atoms with van der Waals surface area (Å²) in [6.45, 7) is 7.13. The minimum Gasteiger partial charge on any atom is -0.361 e. The van der Waals surface area contributed by atoms with E-state index in [1.165, 1.54) is 79.0 Å². The van der Waals surface area contributed by atoms with Crippen LogP contribution < -0.4 is 5.32 Å². The molecule has 1 aliphatic carbocycles. The predicted molar refractivity (Wildman–Crippen MR) is 111 cm³/mol. The molecule has 4 nitrogen and oxygen atoms in total. The highest BCUT2D eigenvalue weighted by Gasteiger charge is 2.28. The van der Waals surface area contributed by atoms with Crippen molar-refractivity contribution in [1.82, 2.24) is 20.1 Å². The highest BCUT2D eigenvalue weighted by atomic mass is 32.2. The third kappa shape index (κ3) is 3.42. The van der Waals surface area contributed by atoms with Crippen molar-refractivity contribution < 1.29 is 0 Å². The van der Waals surface area contributed by atoms with Gasteiger partial charge in [-0.25, -0.2) is 0 Å². The van der Waals surface area contributed by atoms with E-state index in [4.69, 9.17) is 0 Å². The van der Waals surface area contributed by atoms with Gasteiger partial charge in [-0.05, 0) is 30.0 Å². The van der Waals surface area contributed by atoms with Crippen LogP contribution in [0.2, 0.25) is 0 Å². The van der Waals surface area contributed by atoms with E-state index in [-0.39, 0.29) is 0 Å². The van der Waals surface area contributed by atoms with Crippen LogP contribution in [0, 0.1) is 0 Å². The molecule has 0 bridgehead atoms. The topological polar surface area (TPSA) is 34.3 Å². The van der Waals surface area contributed by atoms with Crippen molar-refractivity contribution in [3.8, 4) is 0 Å². The van der Waals surface area contributed by atoms with Crippen LogP contribution in [-0.4, -0.2) is 65.1 Å². The first-order valence-corrected chi connectivity index (χ1v) is 11.4. The second kappa shape index (κ2) is 7.55. The summed E-state index contributed by atoms with van der Waals surface area (Å²) >= 11 is 2.06. The van der Waals surface area contributed by atoms with Crippen LogP contribution in [0.4, 0.5) is 0 Å². The number of hydrogen-bond donors (Lipinski definition) is 2. The van der Waals surface area contributed by atoms with E-state index in [0.29, 0.717) is 6.04 Å². The van der Waals surface area contributed by atoms with Crippen molar-refractivity contribution in [3.05, 3.63) is 35.5 Å². The molecule has 0 radical (unpaired) electrons. The zero-order chi connectivity index (χ0) is 17.3. The van der Waals surface area contributed by atoms with Gasteiger partial charge in [-0.1, -0.05) is 18.6 Å². The number of nitrogens with one attached hydrogen (secondary N) is 2. The normalized spacial score (nSPS) is 26.2. The Hall–Kier alpha value is -1.01. The Morgan fingerprint density at radius 2 is 2.00 bits per heavy atom. The molecule has 2 N–H and O–H groups in total. The summed E-state index contributed by atoms with van der Waals surface area (Å²) in [6.07, 6.45) is 6.53. The Kier molecular flexibility index (Phi) is 4.97. The summed E-state index contributed by atoms with van der Waals surface area (Å²) in [5, 5.41) is 5.05. The summed E-state index contributed by atoms with van der Waals surface area (Å²) in [7, 11) is 0. The Labute approximate surface area is 160 Å². The number of benzene rings is 1. The van der Waals surface area contributed by atoms with Gasteiger partial charge in [0, 0.05) is 80.0 Å². The Bertz CT molecular complexity index is 740. The fourth-order valence-electron chi connectivity index (χ4n) is 4.61. The standard InChI is InChI=1S/C21H30N4S/c1-2-18(3-1)25-9-7-24(8-10-25)14-17-13-23-20-12-16(4-5-19(17)20)21-15-26-11-6-22-21/h4-5,12-13,18,21-23H,1-3,6-11,14-15H2. The first-order valence-electron chi connectivity index (χ1n) is 10.2. The molecule has 1 unspecified atom stereocenters. The third-order valence-corrected chi connectivity index (χ3v) is 7.57. The SMILES string of the molecule is c1cc2c(CN3CCN(C4CCC4)CC3)c[nH]c2cc1C1CSCCN1. The van der Waals surface area contributed by atoms with Crippen molar-refractivity contribution in [2.75, 3.05) is 44.2 Å². The van der Waals surface area contributed by atoms with E-state index in [0.717, 1.165) is 19.1 Å². The Morgan fingerprint density at radius 3 is 2.73 bits per heavy atom. The molecule has 1 atom stereocenters. The lowest BCUT2D eigenvalue weighted by Gasteiger charge is -2.43. The lowest BCUT2D eigenvalue weighted by atomic mass is 9.91. The van der Waals surface area contributed by atoms with Crippen LogP contribution >= 0.6 is 11.8 Å². The third-order valence-electron chi connectivity index (χ3n) is 6.51. The lowest BCUT2D eigenvalue weighted by Crippen LogP contribution is -2.51. The van der Waals surface area contributed by atoms with Crippen molar-refractivity contribution in [1.29, 1.82) is 0 Å². The van der Waals surface area contributed by atoms with Gasteiger partial charge in [0.05, 0.1) is 0 Å². The maximum absolute atomic E-state index is 3.65. The van der Waals surface area contributed by atoms with Crippen LogP contribution in [0.15, 0.2) is 24.4 Å². The van der Waals surface area contributed by atoms with Crippen LogP contribution in [0.3, 0.4) is 0 Å². The van der Waals surface area contributed by atoms with Crippen LogP contribution in [-0.2, 0) is 6.54 Å². The number of fused-ring (bicyclic) bond motifs is 1. The van der Waals surface area contributed by atoms with Gasteiger partial charge in [-0.3, -0.25) is 9.80 Å². The average molecular weight is 371 g/mol. The molecule has 2 aromatic rings. The summed E-state index contributed by atoms with van der Waals surface area (Å²) in [4.78, 5) is 8.88. The summed E-state index contributed by atoms with van der Waals surface area (Å²) in [5.41, 5.74) is 4.17. The maximum atomic E-state index is 3.65. The second-order valence-corrected chi connectivity index (χ2v) is 9.25. The van der Waals surface area contributed by atoms with Gasteiger partial charge in [0.15, 0.2) is 0 Å².